The molecule has 2 aromatic heterocycles. The Bertz CT molecular complexity index is 892. The molecule has 0 aliphatic carbocycles. The summed E-state index contributed by atoms with van der Waals surface area (Å²) in [4.78, 5) is 12.0. The summed E-state index contributed by atoms with van der Waals surface area (Å²) in [7, 11) is 0. The molecule has 2 N–H and O–H groups in total. The van der Waals surface area contributed by atoms with Gasteiger partial charge in [-0.3, -0.25) is 4.79 Å². The van der Waals surface area contributed by atoms with Crippen molar-refractivity contribution in [2.45, 2.75) is 6.18 Å². The molecule has 0 saturated carbocycles. The van der Waals surface area contributed by atoms with Crippen LogP contribution in [0.1, 0.15) is 15.9 Å². The summed E-state index contributed by atoms with van der Waals surface area (Å²) in [5.74, 6) is 0.625. The lowest BCUT2D eigenvalue weighted by Crippen LogP contribution is -2.29. The van der Waals surface area contributed by atoms with E-state index in [2.05, 4.69) is 20.8 Å². The number of nitrogens with one attached hydrogen (secondary N) is 2. The number of hydrogen-bond acceptors (Lipinski definition) is 4. The number of nitrogens with zero attached hydrogens (tertiary/aromatic N) is 3. The average molecular weight is 375 g/mol. The quantitative estimate of drug-likeness (QED) is 0.650. The number of carbonyl (C=O) groups is 1. The van der Waals surface area contributed by atoms with Crippen molar-refractivity contribution in [3.05, 3.63) is 72.1 Å². The maximum Gasteiger partial charge on any atom is 0.416 e. The highest BCUT2D eigenvalue weighted by molar-refractivity contribution is 5.94. The molecule has 1 aromatic carbocycles. The van der Waals surface area contributed by atoms with E-state index in [1.54, 1.807) is 12.1 Å². The van der Waals surface area contributed by atoms with Gasteiger partial charge in [-0.05, 0) is 42.5 Å². The van der Waals surface area contributed by atoms with Gasteiger partial charge in [-0.15, -0.1) is 10.2 Å². The number of benzene rings is 1. The Hall–Kier alpha value is -3.36. The van der Waals surface area contributed by atoms with Gasteiger partial charge >= 0.3 is 6.18 Å². The van der Waals surface area contributed by atoms with Gasteiger partial charge in [0.15, 0.2) is 5.82 Å². The minimum atomic E-state index is -4.48. The van der Waals surface area contributed by atoms with Gasteiger partial charge in [0, 0.05) is 31.0 Å². The van der Waals surface area contributed by atoms with Crippen molar-refractivity contribution in [2.24, 2.45) is 0 Å². The van der Waals surface area contributed by atoms with Crippen molar-refractivity contribution >= 4 is 11.7 Å². The summed E-state index contributed by atoms with van der Waals surface area (Å²) in [5, 5.41) is 13.6. The number of halogens is 3. The largest absolute Gasteiger partial charge is 0.416 e. The van der Waals surface area contributed by atoms with Crippen molar-refractivity contribution in [1.82, 2.24) is 20.1 Å². The van der Waals surface area contributed by atoms with E-state index in [0.29, 0.717) is 18.2 Å². The van der Waals surface area contributed by atoms with Crippen LogP contribution in [0.3, 0.4) is 0 Å². The highest BCUT2D eigenvalue weighted by atomic mass is 19.4. The fraction of sp³-hybridized carbons (Fsp3) is 0.167. The standard InChI is InChI=1S/C18H16F3N5O/c19-18(20,21)14-5-3-4-13(12-14)17(27)23-9-8-22-15-6-7-16(25-24-15)26-10-1-2-11-26/h1-7,10-12H,8-9H2,(H,22,24)(H,23,27). The highest BCUT2D eigenvalue weighted by Gasteiger charge is 2.30. The molecule has 140 valence electrons. The Morgan fingerprint density at radius 2 is 1.78 bits per heavy atom. The molecule has 6 nitrogen and oxygen atoms in total. The second-order valence-electron chi connectivity index (χ2n) is 5.63. The average Bonchev–Trinajstić information content (AvgIpc) is 3.20. The van der Waals surface area contributed by atoms with Gasteiger partial charge in [0.05, 0.1) is 5.56 Å². The van der Waals surface area contributed by atoms with Crippen molar-refractivity contribution in [2.75, 3.05) is 18.4 Å². The Labute approximate surface area is 153 Å². The molecule has 0 spiro atoms. The van der Waals surface area contributed by atoms with Gasteiger partial charge in [0.2, 0.25) is 0 Å². The van der Waals surface area contributed by atoms with E-state index in [9.17, 15) is 18.0 Å². The molecule has 0 saturated heterocycles. The van der Waals surface area contributed by atoms with E-state index in [-0.39, 0.29) is 12.1 Å². The molecule has 0 fully saturated rings. The number of hydrogen-bond donors (Lipinski definition) is 2. The number of rotatable bonds is 6. The summed E-state index contributed by atoms with van der Waals surface area (Å²) in [6.45, 7) is 0.568. The van der Waals surface area contributed by atoms with Crippen LogP contribution < -0.4 is 10.6 Å². The number of carbonyl (C=O) groups excluding carboxylic acids is 1. The van der Waals surface area contributed by atoms with Gasteiger partial charge in [0.1, 0.15) is 5.82 Å². The second kappa shape index (κ2) is 7.90. The van der Waals surface area contributed by atoms with Gasteiger partial charge in [-0.25, -0.2) is 0 Å². The van der Waals surface area contributed by atoms with Crippen LogP contribution in [0.4, 0.5) is 19.0 Å². The molecule has 1 amide bonds. The molecule has 0 unspecified atom stereocenters. The van der Waals surface area contributed by atoms with Gasteiger partial charge in [-0.1, -0.05) is 6.07 Å². The Morgan fingerprint density at radius 3 is 2.44 bits per heavy atom. The lowest BCUT2D eigenvalue weighted by atomic mass is 10.1. The molecule has 27 heavy (non-hydrogen) atoms. The second-order valence-corrected chi connectivity index (χ2v) is 5.63. The first-order valence-corrected chi connectivity index (χ1v) is 8.10. The molecule has 0 radical (unpaired) electrons. The Morgan fingerprint density at radius 1 is 1.00 bits per heavy atom. The third-order valence-electron chi connectivity index (χ3n) is 3.69. The van der Waals surface area contributed by atoms with Crippen LogP contribution >= 0.6 is 0 Å². The first kappa shape index (κ1) is 18.4. The molecule has 3 rings (SSSR count). The molecular formula is C18H16F3N5O. The Kier molecular flexibility index (Phi) is 5.39. The van der Waals surface area contributed by atoms with Crippen LogP contribution in [0.5, 0.6) is 0 Å². The van der Waals surface area contributed by atoms with E-state index in [1.807, 2.05) is 29.1 Å². The van der Waals surface area contributed by atoms with Crippen molar-refractivity contribution in [3.63, 3.8) is 0 Å². The Balaban J connectivity index is 1.48. The molecule has 3 aromatic rings. The first-order valence-electron chi connectivity index (χ1n) is 8.10. The summed E-state index contributed by atoms with van der Waals surface area (Å²) in [6, 6.07) is 11.6. The van der Waals surface area contributed by atoms with E-state index in [0.717, 1.165) is 12.1 Å². The minimum Gasteiger partial charge on any atom is -0.367 e. The van der Waals surface area contributed by atoms with E-state index < -0.39 is 17.6 Å². The number of anilines is 1. The van der Waals surface area contributed by atoms with E-state index in [1.165, 1.54) is 12.1 Å². The van der Waals surface area contributed by atoms with Crippen LogP contribution in [-0.4, -0.2) is 33.8 Å². The molecular weight excluding hydrogens is 359 g/mol. The van der Waals surface area contributed by atoms with Gasteiger partial charge in [0.25, 0.3) is 5.91 Å². The number of alkyl halides is 3. The van der Waals surface area contributed by atoms with Crippen molar-refractivity contribution < 1.29 is 18.0 Å². The maximum absolute atomic E-state index is 12.7. The smallest absolute Gasteiger partial charge is 0.367 e. The fourth-order valence-electron chi connectivity index (χ4n) is 2.35. The lowest BCUT2D eigenvalue weighted by Gasteiger charge is -2.10. The third kappa shape index (κ3) is 4.84. The van der Waals surface area contributed by atoms with E-state index in [4.69, 9.17) is 0 Å². The fourth-order valence-corrected chi connectivity index (χ4v) is 2.35. The molecule has 0 atom stereocenters. The molecule has 0 bridgehead atoms. The van der Waals surface area contributed by atoms with Crippen LogP contribution in [0, 0.1) is 0 Å². The minimum absolute atomic E-state index is 0.0410. The molecule has 0 aliphatic heterocycles. The summed E-state index contributed by atoms with van der Waals surface area (Å²) in [5.41, 5.74) is -0.896. The predicted octanol–water partition coefficient (Wildman–Crippen LogP) is 3.13. The van der Waals surface area contributed by atoms with E-state index >= 15 is 0 Å². The zero-order valence-electron chi connectivity index (χ0n) is 14.1. The third-order valence-corrected chi connectivity index (χ3v) is 3.69. The monoisotopic (exact) mass is 375 g/mol. The van der Waals surface area contributed by atoms with Crippen molar-refractivity contribution in [1.29, 1.82) is 0 Å². The SMILES string of the molecule is O=C(NCCNc1ccc(-n2cccc2)nn1)c1cccc(C(F)(F)F)c1. The van der Waals surface area contributed by atoms with Crippen LogP contribution in [-0.2, 0) is 6.18 Å². The predicted molar refractivity (Wildman–Crippen MR) is 93.6 cm³/mol. The van der Waals surface area contributed by atoms with Crippen LogP contribution in [0.15, 0.2) is 60.9 Å². The van der Waals surface area contributed by atoms with Crippen LogP contribution in [0.25, 0.3) is 5.82 Å². The molecule has 2 heterocycles. The summed E-state index contributed by atoms with van der Waals surface area (Å²) >= 11 is 0. The van der Waals surface area contributed by atoms with Gasteiger partial charge < -0.3 is 15.2 Å². The molecule has 9 heteroatoms. The maximum atomic E-state index is 12.7. The lowest BCUT2D eigenvalue weighted by molar-refractivity contribution is -0.137. The zero-order chi connectivity index (χ0) is 19.3. The number of amides is 1. The van der Waals surface area contributed by atoms with Crippen molar-refractivity contribution in [3.8, 4) is 5.82 Å². The van der Waals surface area contributed by atoms with Gasteiger partial charge in [-0.2, -0.15) is 13.2 Å². The number of aromatic nitrogens is 3. The van der Waals surface area contributed by atoms with Crippen LogP contribution in [0.2, 0.25) is 0 Å². The topological polar surface area (TPSA) is 71.8 Å². The zero-order valence-corrected chi connectivity index (χ0v) is 14.1. The normalized spacial score (nSPS) is 11.2. The highest BCUT2D eigenvalue weighted by Crippen LogP contribution is 2.29. The summed E-state index contributed by atoms with van der Waals surface area (Å²) in [6.07, 6.45) is -0.788. The molecule has 0 aliphatic rings. The summed E-state index contributed by atoms with van der Waals surface area (Å²) < 4.78 is 39.9. The first-order chi connectivity index (χ1) is 12.9.